The number of rotatable bonds is 5. The van der Waals surface area contributed by atoms with Crippen LogP contribution in [0.2, 0.25) is 5.02 Å². The molecule has 0 atom stereocenters. The van der Waals surface area contributed by atoms with Crippen LogP contribution in [0.3, 0.4) is 0 Å². The number of aryl methyl sites for hydroxylation is 2. The van der Waals surface area contributed by atoms with Crippen LogP contribution < -0.4 is 10.1 Å². The summed E-state index contributed by atoms with van der Waals surface area (Å²) in [6.45, 7) is 4.49. The zero-order valence-corrected chi connectivity index (χ0v) is 13.1. The van der Waals surface area contributed by atoms with Crippen molar-refractivity contribution in [2.45, 2.75) is 13.8 Å². The molecule has 0 spiro atoms. The van der Waals surface area contributed by atoms with Gasteiger partial charge in [0.05, 0.1) is 17.8 Å². The summed E-state index contributed by atoms with van der Waals surface area (Å²) >= 11 is 5.87. The second-order valence-corrected chi connectivity index (χ2v) is 5.17. The molecule has 112 valence electrons. The molecule has 1 heterocycles. The van der Waals surface area contributed by atoms with Crippen molar-refractivity contribution >= 4 is 17.5 Å². The fourth-order valence-corrected chi connectivity index (χ4v) is 2.26. The Morgan fingerprint density at radius 3 is 2.81 bits per heavy atom. The zero-order valence-electron chi connectivity index (χ0n) is 12.3. The highest BCUT2D eigenvalue weighted by atomic mass is 35.5. The van der Waals surface area contributed by atoms with Gasteiger partial charge in [0.25, 0.3) is 5.91 Å². The molecule has 0 aliphatic carbocycles. The van der Waals surface area contributed by atoms with Gasteiger partial charge in [-0.25, -0.2) is 0 Å². The third kappa shape index (κ3) is 3.76. The van der Waals surface area contributed by atoms with Crippen LogP contribution in [-0.4, -0.2) is 28.8 Å². The Kier molecular flexibility index (Phi) is 4.85. The molecule has 2 rings (SSSR count). The molecular formula is C15H18ClN3O2. The molecule has 0 bridgehead atoms. The van der Waals surface area contributed by atoms with E-state index in [4.69, 9.17) is 16.3 Å². The largest absolute Gasteiger partial charge is 0.492 e. The molecule has 0 radical (unpaired) electrons. The first-order chi connectivity index (χ1) is 9.99. The number of halogens is 1. The van der Waals surface area contributed by atoms with E-state index in [0.717, 1.165) is 11.4 Å². The van der Waals surface area contributed by atoms with Gasteiger partial charge >= 0.3 is 0 Å². The molecule has 6 heteroatoms. The molecular weight excluding hydrogens is 290 g/mol. The van der Waals surface area contributed by atoms with Gasteiger partial charge in [-0.1, -0.05) is 17.7 Å². The number of benzene rings is 1. The minimum atomic E-state index is -0.132. The summed E-state index contributed by atoms with van der Waals surface area (Å²) in [5.41, 5.74) is 2.20. The molecule has 0 unspecified atom stereocenters. The first-order valence-electron chi connectivity index (χ1n) is 6.66. The van der Waals surface area contributed by atoms with Crippen LogP contribution in [0.15, 0.2) is 24.3 Å². The van der Waals surface area contributed by atoms with Crippen LogP contribution in [0.5, 0.6) is 5.75 Å². The predicted molar refractivity (Wildman–Crippen MR) is 82.0 cm³/mol. The fourth-order valence-electron chi connectivity index (χ4n) is 2.08. The van der Waals surface area contributed by atoms with Gasteiger partial charge in [0.2, 0.25) is 0 Å². The average Bonchev–Trinajstić information content (AvgIpc) is 2.68. The normalized spacial score (nSPS) is 10.5. The van der Waals surface area contributed by atoms with E-state index >= 15 is 0 Å². The second-order valence-electron chi connectivity index (χ2n) is 4.73. The van der Waals surface area contributed by atoms with Crippen molar-refractivity contribution in [3.05, 3.63) is 46.2 Å². The molecule has 1 amide bonds. The van der Waals surface area contributed by atoms with Gasteiger partial charge in [-0.05, 0) is 32.0 Å². The topological polar surface area (TPSA) is 56.2 Å². The summed E-state index contributed by atoms with van der Waals surface area (Å²) in [6, 6.07) is 7.16. The Labute approximate surface area is 128 Å². The number of ether oxygens (including phenoxy) is 1. The number of amides is 1. The molecule has 1 aromatic heterocycles. The van der Waals surface area contributed by atoms with Gasteiger partial charge in [-0.3, -0.25) is 9.48 Å². The summed E-state index contributed by atoms with van der Waals surface area (Å²) in [5.74, 6) is 0.554. The third-order valence-corrected chi connectivity index (χ3v) is 3.42. The molecule has 5 nitrogen and oxygen atoms in total. The number of nitrogens with zero attached hydrogens (tertiary/aromatic N) is 2. The number of hydrogen-bond donors (Lipinski definition) is 1. The SMILES string of the molecule is Cc1nn(C)c(C)c1C(=O)NCCOc1cccc(Cl)c1. The smallest absolute Gasteiger partial charge is 0.255 e. The molecule has 0 fully saturated rings. The maximum absolute atomic E-state index is 12.1. The maximum Gasteiger partial charge on any atom is 0.255 e. The number of carbonyl (C=O) groups excluding carboxylic acids is 1. The number of carbonyl (C=O) groups is 1. The number of hydrogen-bond acceptors (Lipinski definition) is 3. The standard InChI is InChI=1S/C15H18ClN3O2/c1-10-14(11(2)19(3)18-10)15(20)17-7-8-21-13-6-4-5-12(16)9-13/h4-6,9H,7-8H2,1-3H3,(H,17,20). The van der Waals surface area contributed by atoms with Crippen molar-refractivity contribution in [3.63, 3.8) is 0 Å². The van der Waals surface area contributed by atoms with E-state index in [1.165, 1.54) is 0 Å². The lowest BCUT2D eigenvalue weighted by atomic mass is 10.2. The number of aromatic nitrogens is 2. The van der Waals surface area contributed by atoms with Gasteiger partial charge in [0.15, 0.2) is 0 Å². The molecule has 1 N–H and O–H groups in total. The van der Waals surface area contributed by atoms with E-state index in [1.807, 2.05) is 33.0 Å². The van der Waals surface area contributed by atoms with E-state index in [9.17, 15) is 4.79 Å². The minimum absolute atomic E-state index is 0.132. The van der Waals surface area contributed by atoms with Crippen LogP contribution in [0.25, 0.3) is 0 Å². The first kappa shape index (κ1) is 15.4. The van der Waals surface area contributed by atoms with Crippen molar-refractivity contribution in [2.24, 2.45) is 7.05 Å². The minimum Gasteiger partial charge on any atom is -0.492 e. The van der Waals surface area contributed by atoms with Crippen LogP contribution in [0, 0.1) is 13.8 Å². The maximum atomic E-state index is 12.1. The Bertz CT molecular complexity index is 652. The highest BCUT2D eigenvalue weighted by molar-refractivity contribution is 6.30. The number of nitrogens with one attached hydrogen (secondary N) is 1. The van der Waals surface area contributed by atoms with Gasteiger partial charge < -0.3 is 10.1 Å². The summed E-state index contributed by atoms with van der Waals surface area (Å²) < 4.78 is 7.22. The van der Waals surface area contributed by atoms with Crippen LogP contribution >= 0.6 is 11.6 Å². The van der Waals surface area contributed by atoms with Gasteiger partial charge in [0.1, 0.15) is 12.4 Å². The Hall–Kier alpha value is -2.01. The van der Waals surface area contributed by atoms with E-state index in [2.05, 4.69) is 10.4 Å². The highest BCUT2D eigenvalue weighted by Crippen LogP contribution is 2.16. The molecule has 0 aliphatic heterocycles. The lowest BCUT2D eigenvalue weighted by Gasteiger charge is -2.08. The Morgan fingerprint density at radius 2 is 2.19 bits per heavy atom. The molecule has 0 saturated heterocycles. The molecule has 0 aliphatic rings. The van der Waals surface area contributed by atoms with E-state index in [-0.39, 0.29) is 5.91 Å². The monoisotopic (exact) mass is 307 g/mol. The van der Waals surface area contributed by atoms with Crippen molar-refractivity contribution in [2.75, 3.05) is 13.2 Å². The fraction of sp³-hybridized carbons (Fsp3) is 0.333. The van der Waals surface area contributed by atoms with Crippen LogP contribution in [-0.2, 0) is 7.05 Å². The van der Waals surface area contributed by atoms with Crippen molar-refractivity contribution < 1.29 is 9.53 Å². The molecule has 21 heavy (non-hydrogen) atoms. The molecule has 0 saturated carbocycles. The van der Waals surface area contributed by atoms with Crippen molar-refractivity contribution in [1.82, 2.24) is 15.1 Å². The van der Waals surface area contributed by atoms with Crippen LogP contribution in [0.1, 0.15) is 21.7 Å². The molecule has 1 aromatic carbocycles. The summed E-state index contributed by atoms with van der Waals surface area (Å²) in [5, 5.41) is 7.68. The predicted octanol–water partition coefficient (Wildman–Crippen LogP) is 2.50. The lowest BCUT2D eigenvalue weighted by Crippen LogP contribution is -2.28. The van der Waals surface area contributed by atoms with Crippen LogP contribution in [0.4, 0.5) is 0 Å². The van der Waals surface area contributed by atoms with Gasteiger partial charge in [-0.15, -0.1) is 0 Å². The summed E-state index contributed by atoms with van der Waals surface area (Å²) in [7, 11) is 1.82. The molecule has 2 aromatic rings. The van der Waals surface area contributed by atoms with E-state index < -0.39 is 0 Å². The van der Waals surface area contributed by atoms with Crippen molar-refractivity contribution in [3.8, 4) is 5.75 Å². The van der Waals surface area contributed by atoms with Gasteiger partial charge in [-0.2, -0.15) is 5.10 Å². The summed E-state index contributed by atoms with van der Waals surface area (Å²) in [6.07, 6.45) is 0. The Morgan fingerprint density at radius 1 is 1.43 bits per heavy atom. The van der Waals surface area contributed by atoms with Crippen molar-refractivity contribution in [1.29, 1.82) is 0 Å². The van der Waals surface area contributed by atoms with E-state index in [1.54, 1.807) is 16.8 Å². The first-order valence-corrected chi connectivity index (χ1v) is 7.03. The summed E-state index contributed by atoms with van der Waals surface area (Å²) in [4.78, 5) is 12.1. The Balaban J connectivity index is 1.85. The second kappa shape index (κ2) is 6.63. The highest BCUT2D eigenvalue weighted by Gasteiger charge is 2.16. The quantitative estimate of drug-likeness (QED) is 0.864. The average molecular weight is 308 g/mol. The third-order valence-electron chi connectivity index (χ3n) is 3.19. The van der Waals surface area contributed by atoms with Gasteiger partial charge in [0, 0.05) is 17.8 Å². The lowest BCUT2D eigenvalue weighted by molar-refractivity contribution is 0.0945. The zero-order chi connectivity index (χ0) is 15.4. The van der Waals surface area contributed by atoms with E-state index in [0.29, 0.717) is 29.5 Å².